The van der Waals surface area contributed by atoms with Gasteiger partial charge >= 0.3 is 5.97 Å². The predicted molar refractivity (Wildman–Crippen MR) is 75.9 cm³/mol. The predicted octanol–water partition coefficient (Wildman–Crippen LogP) is 2.14. The molecule has 6 nitrogen and oxygen atoms in total. The molecular weight excluding hydrogens is 274 g/mol. The summed E-state index contributed by atoms with van der Waals surface area (Å²) < 4.78 is 5.37. The Morgan fingerprint density at radius 3 is 2.52 bits per heavy atom. The molecule has 1 atom stereocenters. The number of carbonyl (C=O) groups is 3. The fourth-order valence-corrected chi connectivity index (χ4v) is 2.00. The van der Waals surface area contributed by atoms with Crippen LogP contribution in [-0.4, -0.2) is 35.6 Å². The lowest BCUT2D eigenvalue weighted by molar-refractivity contribution is -0.201. The largest absolute Gasteiger partial charge is 0.362 e. The first kappa shape index (κ1) is 17.4. The first-order valence-corrected chi connectivity index (χ1v) is 7.39. The summed E-state index contributed by atoms with van der Waals surface area (Å²) in [5, 5.41) is 0.524. The van der Waals surface area contributed by atoms with Crippen LogP contribution in [0.25, 0.3) is 0 Å². The summed E-state index contributed by atoms with van der Waals surface area (Å²) in [6.45, 7) is 5.50. The van der Waals surface area contributed by atoms with Crippen molar-refractivity contribution in [1.29, 1.82) is 0 Å². The third-order valence-corrected chi connectivity index (χ3v) is 3.22. The van der Waals surface area contributed by atoms with Gasteiger partial charge in [-0.1, -0.05) is 38.7 Å². The van der Waals surface area contributed by atoms with Gasteiger partial charge < -0.3 is 9.57 Å². The van der Waals surface area contributed by atoms with Crippen molar-refractivity contribution in [2.45, 2.75) is 58.0 Å². The van der Waals surface area contributed by atoms with E-state index in [0.717, 1.165) is 25.7 Å². The number of unbranched alkanes of at least 4 members (excludes halogenated alkanes) is 3. The lowest BCUT2D eigenvalue weighted by Crippen LogP contribution is -2.34. The molecule has 0 radical (unpaired) electrons. The maximum atomic E-state index is 11.6. The topological polar surface area (TPSA) is 72.9 Å². The van der Waals surface area contributed by atoms with Crippen molar-refractivity contribution in [3.05, 3.63) is 12.7 Å². The molecule has 0 N–H and O–H groups in total. The molecule has 21 heavy (non-hydrogen) atoms. The molecule has 1 heterocycles. The number of amides is 2. The minimum Gasteiger partial charge on any atom is -0.362 e. The highest BCUT2D eigenvalue weighted by Gasteiger charge is 2.32. The van der Waals surface area contributed by atoms with Gasteiger partial charge in [-0.25, -0.2) is 4.79 Å². The molecule has 1 aliphatic rings. The molecule has 0 aromatic rings. The Morgan fingerprint density at radius 1 is 1.29 bits per heavy atom. The van der Waals surface area contributed by atoms with Crippen LogP contribution in [0.2, 0.25) is 0 Å². The van der Waals surface area contributed by atoms with E-state index in [1.54, 1.807) is 6.08 Å². The van der Waals surface area contributed by atoms with Gasteiger partial charge in [-0.15, -0.1) is 11.6 Å². The van der Waals surface area contributed by atoms with Crippen molar-refractivity contribution in [3.63, 3.8) is 0 Å². The molecule has 1 rings (SSSR count). The third kappa shape index (κ3) is 6.08. The monoisotopic (exact) mass is 297 g/mol. The average Bonchev–Trinajstić information content (AvgIpc) is 2.78. The number of nitrogens with zero attached hydrogens (tertiary/aromatic N) is 1. The van der Waals surface area contributed by atoms with E-state index in [2.05, 4.69) is 13.5 Å². The maximum Gasteiger partial charge on any atom is 0.358 e. The molecule has 0 bridgehead atoms. The van der Waals surface area contributed by atoms with E-state index in [4.69, 9.17) is 9.57 Å². The SMILES string of the molecule is C=CC(CCCCCC)OCC(=O)ON1C(=O)CCC1=O. The van der Waals surface area contributed by atoms with Crippen molar-refractivity contribution in [2.24, 2.45) is 0 Å². The molecule has 6 heteroatoms. The number of ether oxygens (including phenoxy) is 1. The minimum atomic E-state index is -0.751. The molecule has 2 amide bonds. The van der Waals surface area contributed by atoms with Crippen LogP contribution in [0.15, 0.2) is 12.7 Å². The van der Waals surface area contributed by atoms with Crippen LogP contribution in [0.1, 0.15) is 51.9 Å². The smallest absolute Gasteiger partial charge is 0.358 e. The zero-order valence-electron chi connectivity index (χ0n) is 12.5. The number of hydrogen-bond acceptors (Lipinski definition) is 5. The zero-order chi connectivity index (χ0) is 15.7. The fourth-order valence-electron chi connectivity index (χ4n) is 2.00. The van der Waals surface area contributed by atoms with Crippen molar-refractivity contribution in [3.8, 4) is 0 Å². The van der Waals surface area contributed by atoms with Crippen LogP contribution >= 0.6 is 0 Å². The Labute approximate surface area is 125 Å². The van der Waals surface area contributed by atoms with E-state index >= 15 is 0 Å². The van der Waals surface area contributed by atoms with Crippen LogP contribution in [-0.2, 0) is 24.0 Å². The van der Waals surface area contributed by atoms with Gasteiger partial charge in [0.25, 0.3) is 11.8 Å². The van der Waals surface area contributed by atoms with Crippen molar-refractivity contribution >= 4 is 17.8 Å². The van der Waals surface area contributed by atoms with Crippen LogP contribution in [0.5, 0.6) is 0 Å². The molecule has 0 aromatic heterocycles. The number of imide groups is 1. The molecule has 0 aliphatic carbocycles. The second kappa shape index (κ2) is 9.28. The van der Waals surface area contributed by atoms with E-state index < -0.39 is 17.8 Å². The Kier molecular flexibility index (Phi) is 7.68. The minimum absolute atomic E-state index is 0.0830. The lowest BCUT2D eigenvalue weighted by Gasteiger charge is -2.15. The Morgan fingerprint density at radius 2 is 1.95 bits per heavy atom. The highest BCUT2D eigenvalue weighted by molar-refractivity contribution is 6.01. The number of hydrogen-bond donors (Lipinski definition) is 0. The molecule has 1 saturated heterocycles. The van der Waals surface area contributed by atoms with E-state index in [-0.39, 0.29) is 25.6 Å². The van der Waals surface area contributed by atoms with E-state index in [1.165, 1.54) is 6.42 Å². The van der Waals surface area contributed by atoms with Crippen LogP contribution < -0.4 is 0 Å². The second-order valence-electron chi connectivity index (χ2n) is 4.98. The molecule has 1 unspecified atom stereocenters. The molecule has 118 valence electrons. The van der Waals surface area contributed by atoms with Gasteiger partial charge in [0, 0.05) is 12.8 Å². The molecule has 0 spiro atoms. The normalized spacial score (nSPS) is 16.1. The Bertz CT molecular complexity index is 378. The first-order valence-electron chi connectivity index (χ1n) is 7.39. The first-order chi connectivity index (χ1) is 10.1. The molecule has 0 aromatic carbocycles. The third-order valence-electron chi connectivity index (χ3n) is 3.22. The van der Waals surface area contributed by atoms with Gasteiger partial charge in [0.1, 0.15) is 6.61 Å². The van der Waals surface area contributed by atoms with Gasteiger partial charge in [0.15, 0.2) is 0 Å². The average molecular weight is 297 g/mol. The second-order valence-corrected chi connectivity index (χ2v) is 4.98. The van der Waals surface area contributed by atoms with Crippen molar-refractivity contribution in [1.82, 2.24) is 5.06 Å². The number of rotatable bonds is 10. The summed E-state index contributed by atoms with van der Waals surface area (Å²) in [6, 6.07) is 0. The van der Waals surface area contributed by atoms with Crippen molar-refractivity contribution in [2.75, 3.05) is 6.61 Å². The number of hydroxylamine groups is 2. The van der Waals surface area contributed by atoms with Gasteiger partial charge in [0.2, 0.25) is 0 Å². The fraction of sp³-hybridized carbons (Fsp3) is 0.667. The molecule has 0 saturated carbocycles. The standard InChI is InChI=1S/C15H23NO5/c1-3-5-6-7-8-12(4-2)20-11-15(19)21-16-13(17)9-10-14(16)18/h4,12H,2-3,5-11H2,1H3. The van der Waals surface area contributed by atoms with Gasteiger partial charge in [-0.3, -0.25) is 9.59 Å². The molecular formula is C15H23NO5. The van der Waals surface area contributed by atoms with Crippen LogP contribution in [0.4, 0.5) is 0 Å². The Balaban J connectivity index is 2.25. The number of carbonyl (C=O) groups excluding carboxylic acids is 3. The van der Waals surface area contributed by atoms with Crippen LogP contribution in [0.3, 0.4) is 0 Å². The summed E-state index contributed by atoms with van der Waals surface area (Å²) in [5.41, 5.74) is 0. The van der Waals surface area contributed by atoms with E-state index in [1.807, 2.05) is 0 Å². The Hall–Kier alpha value is -1.69. The van der Waals surface area contributed by atoms with Crippen molar-refractivity contribution < 1.29 is 24.0 Å². The summed E-state index contributed by atoms with van der Waals surface area (Å²) >= 11 is 0. The summed E-state index contributed by atoms with van der Waals surface area (Å²) in [7, 11) is 0. The lowest BCUT2D eigenvalue weighted by atomic mass is 10.1. The summed E-state index contributed by atoms with van der Waals surface area (Å²) in [5.74, 6) is -1.74. The highest BCUT2D eigenvalue weighted by atomic mass is 16.7. The maximum absolute atomic E-state index is 11.6. The van der Waals surface area contributed by atoms with E-state index in [9.17, 15) is 14.4 Å². The zero-order valence-corrected chi connectivity index (χ0v) is 12.5. The summed E-state index contributed by atoms with van der Waals surface area (Å²) in [4.78, 5) is 38.8. The van der Waals surface area contributed by atoms with Gasteiger partial charge in [-0.05, 0) is 6.42 Å². The molecule has 1 fully saturated rings. The highest BCUT2D eigenvalue weighted by Crippen LogP contribution is 2.13. The van der Waals surface area contributed by atoms with E-state index in [0.29, 0.717) is 5.06 Å². The summed E-state index contributed by atoms with van der Waals surface area (Å²) in [6.07, 6.45) is 6.82. The quantitative estimate of drug-likeness (QED) is 0.351. The van der Waals surface area contributed by atoms with Gasteiger partial charge in [-0.2, -0.15) is 0 Å². The van der Waals surface area contributed by atoms with Crippen LogP contribution in [0, 0.1) is 0 Å². The van der Waals surface area contributed by atoms with Gasteiger partial charge in [0.05, 0.1) is 6.10 Å². The molecule has 1 aliphatic heterocycles.